The molecule has 1 aromatic rings. The second-order valence-electron chi connectivity index (χ2n) is 5.93. The van der Waals surface area contributed by atoms with Crippen LogP contribution in [0.3, 0.4) is 0 Å². The minimum atomic E-state index is -3.17. The molecule has 2 rings (SSSR count). The van der Waals surface area contributed by atoms with Gasteiger partial charge in [-0.15, -0.1) is 0 Å². The lowest BCUT2D eigenvalue weighted by atomic mass is 9.97. The van der Waals surface area contributed by atoms with Crippen molar-refractivity contribution in [2.45, 2.75) is 19.8 Å². The Balaban J connectivity index is 1.65. The van der Waals surface area contributed by atoms with Crippen molar-refractivity contribution in [1.82, 2.24) is 14.6 Å². The average molecular weight is 365 g/mol. The summed E-state index contributed by atoms with van der Waals surface area (Å²) in [7, 11) is -3.17. The average Bonchev–Trinajstić information content (AvgIpc) is 2.58. The van der Waals surface area contributed by atoms with E-state index < -0.39 is 10.0 Å². The Hall–Kier alpha value is -2.11. The summed E-state index contributed by atoms with van der Waals surface area (Å²) in [5.74, 6) is 6.09. The summed E-state index contributed by atoms with van der Waals surface area (Å²) >= 11 is 0. The fourth-order valence-electron chi connectivity index (χ4n) is 2.50. The van der Waals surface area contributed by atoms with Crippen molar-refractivity contribution in [2.24, 2.45) is 5.92 Å². The van der Waals surface area contributed by atoms with Gasteiger partial charge in [0.25, 0.3) is 0 Å². The first kappa shape index (κ1) is 19.2. The number of carbonyl (C=O) groups is 1. The van der Waals surface area contributed by atoms with Crippen LogP contribution in [0.15, 0.2) is 18.3 Å². The number of hydrogen-bond donors (Lipinski definition) is 1. The normalized spacial score (nSPS) is 15.9. The molecule has 1 fully saturated rings. The van der Waals surface area contributed by atoms with Crippen molar-refractivity contribution in [3.8, 4) is 17.6 Å². The zero-order chi connectivity index (χ0) is 18.3. The highest BCUT2D eigenvalue weighted by Gasteiger charge is 2.28. The topological polar surface area (TPSA) is 88.6 Å². The van der Waals surface area contributed by atoms with Gasteiger partial charge >= 0.3 is 0 Å². The number of rotatable bonds is 5. The fourth-order valence-corrected chi connectivity index (χ4v) is 3.37. The molecular weight excluding hydrogens is 342 g/mol. The molecule has 0 aliphatic carbocycles. The molecule has 136 valence electrons. The molecule has 0 radical (unpaired) electrons. The van der Waals surface area contributed by atoms with Crippen molar-refractivity contribution >= 4 is 15.9 Å². The summed E-state index contributed by atoms with van der Waals surface area (Å²) in [6, 6.07) is 3.69. The van der Waals surface area contributed by atoms with Gasteiger partial charge < -0.3 is 10.1 Å². The van der Waals surface area contributed by atoms with Gasteiger partial charge in [0.05, 0.1) is 19.0 Å². The lowest BCUT2D eigenvalue weighted by Crippen LogP contribution is -2.42. The van der Waals surface area contributed by atoms with Crippen molar-refractivity contribution in [3.05, 3.63) is 24.0 Å². The summed E-state index contributed by atoms with van der Waals surface area (Å²) in [5.41, 5.74) is 0.920. The number of aromatic nitrogens is 1. The second-order valence-corrected chi connectivity index (χ2v) is 7.91. The summed E-state index contributed by atoms with van der Waals surface area (Å²) in [5, 5.41) is 2.76. The van der Waals surface area contributed by atoms with E-state index in [0.717, 1.165) is 5.69 Å². The molecule has 1 N–H and O–H groups in total. The van der Waals surface area contributed by atoms with E-state index in [1.54, 1.807) is 6.20 Å². The van der Waals surface area contributed by atoms with Crippen LogP contribution in [-0.2, 0) is 14.8 Å². The third-order valence-corrected chi connectivity index (χ3v) is 5.27. The van der Waals surface area contributed by atoms with Crippen molar-refractivity contribution < 1.29 is 17.9 Å². The smallest absolute Gasteiger partial charge is 0.223 e. The van der Waals surface area contributed by atoms with Crippen molar-refractivity contribution in [3.63, 3.8) is 0 Å². The number of sulfonamides is 1. The van der Waals surface area contributed by atoms with Gasteiger partial charge in [0.1, 0.15) is 12.4 Å². The fraction of sp³-hybridized carbons (Fsp3) is 0.529. The van der Waals surface area contributed by atoms with E-state index in [0.29, 0.717) is 31.7 Å². The predicted molar refractivity (Wildman–Crippen MR) is 94.4 cm³/mol. The lowest BCUT2D eigenvalue weighted by Gasteiger charge is -2.29. The zero-order valence-corrected chi connectivity index (χ0v) is 15.3. The van der Waals surface area contributed by atoms with E-state index in [1.165, 1.54) is 10.6 Å². The summed E-state index contributed by atoms with van der Waals surface area (Å²) in [6.07, 6.45) is 3.91. The van der Waals surface area contributed by atoms with Crippen LogP contribution in [0.5, 0.6) is 5.75 Å². The Kier molecular flexibility index (Phi) is 6.79. The van der Waals surface area contributed by atoms with Gasteiger partial charge in [-0.05, 0) is 31.9 Å². The van der Waals surface area contributed by atoms with Gasteiger partial charge in [0.15, 0.2) is 0 Å². The number of carbonyl (C=O) groups excluding carboxylic acids is 1. The Bertz CT molecular complexity index is 742. The van der Waals surface area contributed by atoms with Crippen LogP contribution in [0.25, 0.3) is 0 Å². The molecule has 0 unspecified atom stereocenters. The minimum absolute atomic E-state index is 0.0777. The first-order valence-electron chi connectivity index (χ1n) is 8.10. The minimum Gasteiger partial charge on any atom is -0.479 e. The summed E-state index contributed by atoms with van der Waals surface area (Å²) in [6.45, 7) is 3.16. The standard InChI is InChI=1S/C17H23N3O4S/c1-14-5-6-16(13-19-14)24-12-4-3-9-18-17(21)15-7-10-20(11-8-15)25(2,22)23/h5-6,13,15H,7-12H2,1-2H3,(H,18,21). The van der Waals surface area contributed by atoms with Crippen LogP contribution >= 0.6 is 0 Å². The quantitative estimate of drug-likeness (QED) is 0.770. The van der Waals surface area contributed by atoms with Crippen LogP contribution in [0.2, 0.25) is 0 Å². The molecule has 25 heavy (non-hydrogen) atoms. The number of nitrogens with zero attached hydrogens (tertiary/aromatic N) is 2. The second kappa shape index (κ2) is 8.83. The molecular formula is C17H23N3O4S. The Morgan fingerprint density at radius 3 is 2.68 bits per heavy atom. The van der Waals surface area contributed by atoms with E-state index in [9.17, 15) is 13.2 Å². The number of aryl methyl sites for hydroxylation is 1. The molecule has 0 saturated carbocycles. The third-order valence-electron chi connectivity index (χ3n) is 3.96. The molecule has 0 aromatic carbocycles. The van der Waals surface area contributed by atoms with E-state index in [2.05, 4.69) is 22.1 Å². The Morgan fingerprint density at radius 1 is 1.36 bits per heavy atom. The lowest BCUT2D eigenvalue weighted by molar-refractivity contribution is -0.125. The molecule has 8 heteroatoms. The first-order chi connectivity index (χ1) is 11.9. The molecule has 0 bridgehead atoms. The maximum absolute atomic E-state index is 12.1. The number of amides is 1. The number of hydrogen-bond acceptors (Lipinski definition) is 5. The maximum atomic E-state index is 12.1. The predicted octanol–water partition coefficient (Wildman–Crippen LogP) is 0.560. The van der Waals surface area contributed by atoms with Gasteiger partial charge in [-0.3, -0.25) is 9.78 Å². The molecule has 1 aliphatic heterocycles. The van der Waals surface area contributed by atoms with Crippen molar-refractivity contribution in [1.29, 1.82) is 0 Å². The number of nitrogens with one attached hydrogen (secondary N) is 1. The van der Waals surface area contributed by atoms with Gasteiger partial charge in [0.2, 0.25) is 15.9 Å². The van der Waals surface area contributed by atoms with Gasteiger partial charge in [-0.25, -0.2) is 12.7 Å². The number of pyridine rings is 1. The SMILES string of the molecule is Cc1ccc(OCC#CCNC(=O)C2CCN(S(C)(=O)=O)CC2)cn1. The van der Waals surface area contributed by atoms with E-state index in [1.807, 2.05) is 19.1 Å². The highest BCUT2D eigenvalue weighted by Crippen LogP contribution is 2.19. The number of ether oxygens (including phenoxy) is 1. The molecule has 0 spiro atoms. The largest absolute Gasteiger partial charge is 0.479 e. The third kappa shape index (κ3) is 6.36. The summed E-state index contributed by atoms with van der Waals surface area (Å²) < 4.78 is 29.7. The van der Waals surface area contributed by atoms with Crippen LogP contribution in [0.4, 0.5) is 0 Å². The van der Waals surface area contributed by atoms with E-state index in [-0.39, 0.29) is 25.0 Å². The zero-order valence-electron chi connectivity index (χ0n) is 14.5. The number of piperidine rings is 1. The summed E-state index contributed by atoms with van der Waals surface area (Å²) in [4.78, 5) is 16.2. The van der Waals surface area contributed by atoms with Gasteiger partial charge in [-0.1, -0.05) is 11.8 Å². The molecule has 1 amide bonds. The van der Waals surface area contributed by atoms with Crippen molar-refractivity contribution in [2.75, 3.05) is 32.5 Å². The van der Waals surface area contributed by atoms with Gasteiger partial charge in [-0.2, -0.15) is 0 Å². The van der Waals surface area contributed by atoms with Crippen LogP contribution in [-0.4, -0.2) is 56.1 Å². The van der Waals surface area contributed by atoms with Crippen LogP contribution in [0.1, 0.15) is 18.5 Å². The monoisotopic (exact) mass is 365 g/mol. The highest BCUT2D eigenvalue weighted by molar-refractivity contribution is 7.88. The van der Waals surface area contributed by atoms with E-state index >= 15 is 0 Å². The molecule has 7 nitrogen and oxygen atoms in total. The van der Waals surface area contributed by atoms with E-state index in [4.69, 9.17) is 4.74 Å². The first-order valence-corrected chi connectivity index (χ1v) is 9.95. The highest BCUT2D eigenvalue weighted by atomic mass is 32.2. The van der Waals surface area contributed by atoms with Crippen LogP contribution < -0.4 is 10.1 Å². The molecule has 1 aliphatic rings. The molecule has 1 saturated heterocycles. The Labute approximate surface area is 148 Å². The van der Waals surface area contributed by atoms with Gasteiger partial charge in [0, 0.05) is 24.7 Å². The molecule has 1 aromatic heterocycles. The Morgan fingerprint density at radius 2 is 2.08 bits per heavy atom. The van der Waals surface area contributed by atoms with Crippen LogP contribution in [0, 0.1) is 24.7 Å². The maximum Gasteiger partial charge on any atom is 0.223 e. The molecule has 2 heterocycles. The molecule has 0 atom stereocenters.